The zero-order valence-electron chi connectivity index (χ0n) is 18.3. The van der Waals surface area contributed by atoms with Crippen LogP contribution in [0.5, 0.6) is 0 Å². The third-order valence-corrected chi connectivity index (χ3v) is 5.71. The number of hydrogen-bond donors (Lipinski definition) is 1. The minimum absolute atomic E-state index is 0.0116. The maximum absolute atomic E-state index is 13.4. The molecule has 0 fully saturated rings. The second-order valence-corrected chi connectivity index (χ2v) is 8.71. The summed E-state index contributed by atoms with van der Waals surface area (Å²) < 4.78 is 12.1. The van der Waals surface area contributed by atoms with Gasteiger partial charge in [-0.1, -0.05) is 45.7 Å². The summed E-state index contributed by atoms with van der Waals surface area (Å²) in [4.78, 5) is 33.6. The fraction of sp³-hybridized carbons (Fsp3) is 0.120. The standard InChI is InChI=1S/C25H19BrClN3O4/c1-14-23-19(16(12-28-14)13-33-15(2)31)11-20(24(32)30-22-9-4-3-8-21(22)27)25(34-23)29-18-7-5-6-17(26)10-18/h3-12H,13H2,1-2H3,(H,30,32). The molecular weight excluding hydrogens is 522 g/mol. The van der Waals surface area contributed by atoms with Gasteiger partial charge >= 0.3 is 5.97 Å². The lowest BCUT2D eigenvalue weighted by Gasteiger charge is -2.11. The van der Waals surface area contributed by atoms with Crippen LogP contribution in [0.1, 0.15) is 28.5 Å². The number of hydrogen-bond acceptors (Lipinski definition) is 6. The summed E-state index contributed by atoms with van der Waals surface area (Å²) in [6, 6.07) is 15.9. The minimum atomic E-state index is -0.458. The van der Waals surface area contributed by atoms with Gasteiger partial charge in [0.25, 0.3) is 5.91 Å². The third-order valence-electron chi connectivity index (χ3n) is 4.89. The molecule has 9 heteroatoms. The molecule has 0 aliphatic carbocycles. The molecule has 2 aromatic carbocycles. The van der Waals surface area contributed by atoms with Crippen LogP contribution in [-0.2, 0) is 16.1 Å². The highest BCUT2D eigenvalue weighted by Crippen LogP contribution is 2.25. The fourth-order valence-electron chi connectivity index (χ4n) is 3.24. The van der Waals surface area contributed by atoms with Crippen molar-refractivity contribution in [2.24, 2.45) is 4.99 Å². The molecule has 4 aromatic rings. The average molecular weight is 541 g/mol. The number of nitrogens with zero attached hydrogens (tertiary/aromatic N) is 2. The second-order valence-electron chi connectivity index (χ2n) is 7.38. The Morgan fingerprint density at radius 3 is 2.71 bits per heavy atom. The number of aryl methyl sites for hydroxylation is 1. The zero-order valence-corrected chi connectivity index (χ0v) is 20.6. The van der Waals surface area contributed by atoms with Crippen LogP contribution >= 0.6 is 27.5 Å². The van der Waals surface area contributed by atoms with E-state index in [0.717, 1.165) is 4.47 Å². The number of fused-ring (bicyclic) bond motifs is 1. The van der Waals surface area contributed by atoms with Crippen LogP contribution in [0.2, 0.25) is 5.02 Å². The van der Waals surface area contributed by atoms with Crippen LogP contribution in [0.25, 0.3) is 11.0 Å². The SMILES string of the molecule is CC(=O)OCc1cnc(C)c2oc(=Nc3cccc(Br)c3)c(C(=O)Nc3ccccc3Cl)cc12. The number of nitrogens with one attached hydrogen (secondary N) is 1. The lowest BCUT2D eigenvalue weighted by molar-refractivity contribution is -0.142. The van der Waals surface area contributed by atoms with Crippen molar-refractivity contribution in [1.29, 1.82) is 0 Å². The van der Waals surface area contributed by atoms with Gasteiger partial charge in [-0.05, 0) is 43.3 Å². The van der Waals surface area contributed by atoms with E-state index < -0.39 is 11.9 Å². The lowest BCUT2D eigenvalue weighted by Crippen LogP contribution is -2.22. The number of para-hydroxylation sites is 1. The molecule has 0 radical (unpaired) electrons. The van der Waals surface area contributed by atoms with Crippen LogP contribution in [0.15, 0.2) is 74.7 Å². The number of halogens is 2. The van der Waals surface area contributed by atoms with Crippen molar-refractivity contribution in [2.45, 2.75) is 20.5 Å². The summed E-state index contributed by atoms with van der Waals surface area (Å²) in [5, 5.41) is 3.80. The van der Waals surface area contributed by atoms with Gasteiger partial charge in [-0.15, -0.1) is 0 Å². The number of carbonyl (C=O) groups excluding carboxylic acids is 2. The minimum Gasteiger partial charge on any atom is -0.461 e. The number of amides is 1. The molecule has 34 heavy (non-hydrogen) atoms. The van der Waals surface area contributed by atoms with Gasteiger partial charge in [0.05, 0.1) is 22.1 Å². The first-order chi connectivity index (χ1) is 16.3. The summed E-state index contributed by atoms with van der Waals surface area (Å²) in [6.07, 6.45) is 1.59. The number of carbonyl (C=O) groups is 2. The highest BCUT2D eigenvalue weighted by Gasteiger charge is 2.18. The molecule has 0 spiro atoms. The van der Waals surface area contributed by atoms with Crippen LogP contribution in [0.3, 0.4) is 0 Å². The molecule has 0 atom stereocenters. The molecule has 4 rings (SSSR count). The lowest BCUT2D eigenvalue weighted by atomic mass is 10.1. The van der Waals surface area contributed by atoms with Gasteiger partial charge < -0.3 is 14.5 Å². The van der Waals surface area contributed by atoms with Crippen LogP contribution in [0, 0.1) is 6.92 Å². The zero-order chi connectivity index (χ0) is 24.2. The van der Waals surface area contributed by atoms with E-state index in [-0.39, 0.29) is 17.7 Å². The number of benzene rings is 2. The van der Waals surface area contributed by atoms with Crippen LogP contribution in [0.4, 0.5) is 11.4 Å². The Hall–Kier alpha value is -3.49. The molecule has 0 aliphatic rings. The van der Waals surface area contributed by atoms with Crippen molar-refractivity contribution in [1.82, 2.24) is 4.98 Å². The third kappa shape index (κ3) is 5.35. The van der Waals surface area contributed by atoms with Crippen molar-refractivity contribution in [3.05, 3.63) is 92.7 Å². The van der Waals surface area contributed by atoms with Crippen molar-refractivity contribution >= 4 is 61.8 Å². The Kier molecular flexibility index (Phi) is 7.09. The van der Waals surface area contributed by atoms with Crippen molar-refractivity contribution in [3.8, 4) is 0 Å². The predicted octanol–water partition coefficient (Wildman–Crippen LogP) is 6.10. The smallest absolute Gasteiger partial charge is 0.302 e. The van der Waals surface area contributed by atoms with E-state index in [1.54, 1.807) is 55.6 Å². The normalized spacial score (nSPS) is 11.5. The van der Waals surface area contributed by atoms with E-state index in [4.69, 9.17) is 20.8 Å². The second kappa shape index (κ2) is 10.2. The molecule has 0 unspecified atom stereocenters. The summed E-state index contributed by atoms with van der Waals surface area (Å²) in [6.45, 7) is 3.10. The Balaban J connectivity index is 1.92. The molecule has 0 bridgehead atoms. The summed E-state index contributed by atoms with van der Waals surface area (Å²) in [7, 11) is 0. The molecule has 1 N–H and O–H groups in total. The van der Waals surface area contributed by atoms with Crippen molar-refractivity contribution in [2.75, 3.05) is 5.32 Å². The van der Waals surface area contributed by atoms with Gasteiger partial charge in [0.2, 0.25) is 5.55 Å². The van der Waals surface area contributed by atoms with Crippen molar-refractivity contribution in [3.63, 3.8) is 0 Å². The van der Waals surface area contributed by atoms with E-state index in [9.17, 15) is 9.59 Å². The Bertz CT molecular complexity index is 1480. The van der Waals surface area contributed by atoms with Gasteiger partial charge in [-0.2, -0.15) is 0 Å². The van der Waals surface area contributed by atoms with E-state index in [1.165, 1.54) is 6.92 Å². The number of rotatable bonds is 5. The summed E-state index contributed by atoms with van der Waals surface area (Å²) in [5.74, 6) is -0.885. The first kappa shape index (κ1) is 23.7. The average Bonchev–Trinajstić information content (AvgIpc) is 2.80. The number of anilines is 1. The first-order valence-electron chi connectivity index (χ1n) is 10.2. The quantitative estimate of drug-likeness (QED) is 0.309. The van der Waals surface area contributed by atoms with E-state index in [2.05, 4.69) is 31.2 Å². The monoisotopic (exact) mass is 539 g/mol. The molecule has 1 amide bonds. The fourth-order valence-corrected chi connectivity index (χ4v) is 3.81. The molecule has 7 nitrogen and oxygen atoms in total. The Morgan fingerprint density at radius 1 is 1.18 bits per heavy atom. The van der Waals surface area contributed by atoms with Crippen LogP contribution in [-0.4, -0.2) is 16.9 Å². The number of pyridine rings is 1. The summed E-state index contributed by atoms with van der Waals surface area (Å²) >= 11 is 9.66. The van der Waals surface area contributed by atoms with Gasteiger partial charge in [-0.3, -0.25) is 14.6 Å². The van der Waals surface area contributed by atoms with E-state index >= 15 is 0 Å². The Labute approximate surface area is 208 Å². The van der Waals surface area contributed by atoms with Gasteiger partial charge in [0, 0.05) is 28.5 Å². The van der Waals surface area contributed by atoms with E-state index in [0.29, 0.717) is 38.6 Å². The van der Waals surface area contributed by atoms with Crippen LogP contribution < -0.4 is 10.9 Å². The topological polar surface area (TPSA) is 93.8 Å². The number of ether oxygens (including phenoxy) is 1. The molecule has 0 saturated heterocycles. The molecule has 0 saturated carbocycles. The molecule has 0 aliphatic heterocycles. The largest absolute Gasteiger partial charge is 0.461 e. The Morgan fingerprint density at radius 2 is 1.97 bits per heavy atom. The van der Waals surface area contributed by atoms with Gasteiger partial charge in [0.1, 0.15) is 12.2 Å². The first-order valence-corrected chi connectivity index (χ1v) is 11.4. The molecule has 172 valence electrons. The maximum atomic E-state index is 13.4. The summed E-state index contributed by atoms with van der Waals surface area (Å²) in [5.41, 5.74) is 2.96. The highest BCUT2D eigenvalue weighted by atomic mass is 79.9. The number of aromatic nitrogens is 1. The molecule has 2 aromatic heterocycles. The highest BCUT2D eigenvalue weighted by molar-refractivity contribution is 9.10. The van der Waals surface area contributed by atoms with Crippen molar-refractivity contribution < 1.29 is 18.7 Å². The van der Waals surface area contributed by atoms with E-state index in [1.807, 2.05) is 12.1 Å². The molecule has 2 heterocycles. The number of esters is 1. The van der Waals surface area contributed by atoms with Gasteiger partial charge in [0.15, 0.2) is 5.58 Å². The predicted molar refractivity (Wildman–Crippen MR) is 133 cm³/mol. The maximum Gasteiger partial charge on any atom is 0.302 e. The van der Waals surface area contributed by atoms with Gasteiger partial charge in [-0.25, -0.2) is 4.99 Å². The molecular formula is C25H19BrClN3O4.